The number of ether oxygens (including phenoxy) is 2. The molecule has 0 bridgehead atoms. The van der Waals surface area contributed by atoms with Crippen molar-refractivity contribution in [2.24, 2.45) is 9.98 Å². The van der Waals surface area contributed by atoms with Gasteiger partial charge in [0.05, 0.1) is 20.4 Å². The maximum Gasteiger partial charge on any atom is 0.302 e. The lowest BCUT2D eigenvalue weighted by Gasteiger charge is -1.80. The molecule has 0 atom stereocenters. The predicted molar refractivity (Wildman–Crippen MR) is 112 cm³/mol. The predicted octanol–water partition coefficient (Wildman–Crippen LogP) is 3.80. The van der Waals surface area contributed by atoms with Crippen LogP contribution in [0.1, 0.15) is 64.3 Å². The van der Waals surface area contributed by atoms with E-state index in [-0.39, 0.29) is 53.3 Å². The lowest BCUT2D eigenvalue weighted by molar-refractivity contribution is -0.138. The minimum absolute atomic E-state index is 0. The van der Waals surface area contributed by atoms with Crippen molar-refractivity contribution < 1.29 is 28.7 Å². The van der Waals surface area contributed by atoms with Crippen LogP contribution in [0.15, 0.2) is 9.98 Å². The molecule has 0 rings (SSSR count). The zero-order valence-corrected chi connectivity index (χ0v) is 14.5. The molecule has 0 radical (unpaired) electrons. The number of ketones is 1. The number of aliphatic imine (C=N–C) groups is 2. The van der Waals surface area contributed by atoms with Crippen molar-refractivity contribution in [2.45, 2.75) is 64.3 Å². The van der Waals surface area contributed by atoms with Gasteiger partial charge in [0.2, 0.25) is 5.91 Å². The van der Waals surface area contributed by atoms with Crippen LogP contribution in [0.5, 0.6) is 0 Å². The Morgan fingerprint density at radius 1 is 0.769 bits per heavy atom. The van der Waals surface area contributed by atoms with Gasteiger partial charge in [0.15, 0.2) is 5.78 Å². The highest BCUT2D eigenvalue weighted by Gasteiger charge is 1.76. The Balaban J connectivity index is -0.0000000264. The molecule has 0 aromatic rings. The van der Waals surface area contributed by atoms with Crippen LogP contribution in [0.4, 0.5) is 0 Å². The summed E-state index contributed by atoms with van der Waals surface area (Å²) in [5, 5.41) is 0. The van der Waals surface area contributed by atoms with E-state index in [9.17, 15) is 19.2 Å². The van der Waals surface area contributed by atoms with Gasteiger partial charge in [0.1, 0.15) is 0 Å². The van der Waals surface area contributed by atoms with Crippen LogP contribution in [-0.4, -0.2) is 57.3 Å². The molecule has 0 unspecified atom stereocenters. The minimum atomic E-state index is -0.245. The van der Waals surface area contributed by atoms with Crippen molar-refractivity contribution in [1.29, 1.82) is 0 Å². The number of hydrogen-bond acceptors (Lipinski definition) is 7. The number of Topliss-reactive ketones (excluding diaryl/α,β-unsaturated/α-hetero) is 1. The van der Waals surface area contributed by atoms with Crippen molar-refractivity contribution in [3.8, 4) is 0 Å². The molecule has 0 saturated heterocycles. The lowest BCUT2D eigenvalue weighted by atomic mass is 10.5. The van der Waals surface area contributed by atoms with E-state index in [1.54, 1.807) is 14.0 Å². The fourth-order valence-electron chi connectivity index (χ4n) is 0.364. The zero-order valence-electron chi connectivity index (χ0n) is 14.5. The Morgan fingerprint density at radius 2 is 1.04 bits per heavy atom. The number of hydrogen-bond donors (Lipinski definition) is 0. The molecule has 8 nitrogen and oxygen atoms in total. The number of rotatable bonds is 1. The number of carbonyl (C=O) groups excluding carboxylic acids is 4. The van der Waals surface area contributed by atoms with Crippen LogP contribution < -0.4 is 0 Å². The van der Waals surface area contributed by atoms with Gasteiger partial charge in [-0.25, -0.2) is 4.99 Å². The second-order valence-electron chi connectivity index (χ2n) is 3.30. The Morgan fingerprint density at radius 3 is 1.04 bits per heavy atom. The van der Waals surface area contributed by atoms with Crippen LogP contribution in [-0.2, 0) is 28.7 Å². The summed E-state index contributed by atoms with van der Waals surface area (Å²) in [5.74, 6) is -0.634. The third kappa shape index (κ3) is 158. The Labute approximate surface area is 161 Å². The summed E-state index contributed by atoms with van der Waals surface area (Å²) in [6.45, 7) is 7.31. The van der Waals surface area contributed by atoms with Gasteiger partial charge in [-0.15, -0.1) is 0 Å². The monoisotopic (exact) mass is 382 g/mol. The zero-order chi connectivity index (χ0) is 18.6. The molecule has 0 fully saturated rings. The Kier molecular flexibility index (Phi) is 82.6. The first-order valence-corrected chi connectivity index (χ1v) is 6.09. The highest BCUT2D eigenvalue weighted by Crippen LogP contribution is 1.64. The second-order valence-corrected chi connectivity index (χ2v) is 3.30. The number of nitrogens with zero attached hydrogens (tertiary/aromatic N) is 2. The summed E-state index contributed by atoms with van der Waals surface area (Å²) in [5.41, 5.74) is 0. The highest BCUT2D eigenvalue weighted by atomic mass is 16.5. The molecular weight excluding hydrogens is 340 g/mol. The van der Waals surface area contributed by atoms with E-state index in [2.05, 4.69) is 19.5 Å². The van der Waals surface area contributed by atoms with Crippen molar-refractivity contribution in [1.82, 2.24) is 0 Å². The quantitative estimate of drug-likeness (QED) is 0.503. The molecule has 0 aliphatic carbocycles. The largest absolute Gasteiger partial charge is 0.469 e. The summed E-state index contributed by atoms with van der Waals surface area (Å²) in [6.07, 6.45) is 2.75. The van der Waals surface area contributed by atoms with Crippen LogP contribution in [0, 0.1) is 0 Å². The smallest absolute Gasteiger partial charge is 0.302 e. The first-order valence-electron chi connectivity index (χ1n) is 6.09. The van der Waals surface area contributed by atoms with Gasteiger partial charge in [0.25, 0.3) is 0 Å². The minimum Gasteiger partial charge on any atom is -0.469 e. The van der Waals surface area contributed by atoms with E-state index in [0.717, 1.165) is 0 Å². The van der Waals surface area contributed by atoms with Crippen molar-refractivity contribution in [2.75, 3.05) is 21.3 Å². The maximum absolute atomic E-state index is 9.89. The molecule has 26 heavy (non-hydrogen) atoms. The first-order chi connectivity index (χ1) is 10.1. The normalized spacial score (nSPS) is 7.08. The topological polar surface area (TPSA) is 111 Å². The van der Waals surface area contributed by atoms with E-state index < -0.39 is 0 Å². The van der Waals surface area contributed by atoms with Gasteiger partial charge in [-0.3, -0.25) is 24.2 Å². The van der Waals surface area contributed by atoms with E-state index in [4.69, 9.17) is 0 Å². The third-order valence-electron chi connectivity index (χ3n) is 1.20. The SMILES string of the molecule is C.C.C.C.CC=NC(C)=O.CN=CC(C)=O.COC(C)=O.COC(C)=O. The fraction of sp³-hybridized carbons (Fsp3) is 0.667. The molecular formula is C18H42N2O6. The van der Waals surface area contributed by atoms with Crippen LogP contribution in [0.2, 0.25) is 0 Å². The Hall–Kier alpha value is -2.38. The molecule has 0 saturated carbocycles. The van der Waals surface area contributed by atoms with Gasteiger partial charge < -0.3 is 9.47 Å². The Bertz CT molecular complexity index is 342. The summed E-state index contributed by atoms with van der Waals surface area (Å²) < 4.78 is 8.22. The van der Waals surface area contributed by atoms with E-state index >= 15 is 0 Å². The average Bonchev–Trinajstić information content (AvgIpc) is 2.40. The molecule has 1 amide bonds. The second kappa shape index (κ2) is 43.3. The molecule has 0 aliphatic rings. The molecule has 0 aromatic heterocycles. The van der Waals surface area contributed by atoms with Gasteiger partial charge in [0, 0.05) is 41.0 Å². The number of carbonyl (C=O) groups is 4. The summed E-state index contributed by atoms with van der Waals surface area (Å²) in [7, 11) is 4.27. The average molecular weight is 383 g/mol. The summed E-state index contributed by atoms with van der Waals surface area (Å²) in [6, 6.07) is 0. The van der Waals surface area contributed by atoms with Gasteiger partial charge >= 0.3 is 11.9 Å². The third-order valence-corrected chi connectivity index (χ3v) is 1.20. The lowest BCUT2D eigenvalue weighted by Crippen LogP contribution is -1.88. The maximum atomic E-state index is 9.89. The van der Waals surface area contributed by atoms with Crippen LogP contribution in [0.3, 0.4) is 0 Å². The molecule has 8 heteroatoms. The number of methoxy groups -OCH3 is 2. The summed E-state index contributed by atoms with van der Waals surface area (Å²) >= 11 is 0. The molecule has 0 N–H and O–H groups in total. The number of esters is 2. The van der Waals surface area contributed by atoms with Gasteiger partial charge in [-0.1, -0.05) is 29.7 Å². The highest BCUT2D eigenvalue weighted by molar-refractivity contribution is 6.26. The first kappa shape index (κ1) is 49.5. The van der Waals surface area contributed by atoms with E-state index in [1.165, 1.54) is 54.3 Å². The van der Waals surface area contributed by atoms with Gasteiger partial charge in [-0.05, 0) is 6.92 Å². The molecule has 0 heterocycles. The molecule has 0 spiro atoms. The summed E-state index contributed by atoms with van der Waals surface area (Å²) in [4.78, 5) is 45.7. The van der Waals surface area contributed by atoms with E-state index in [0.29, 0.717) is 0 Å². The fourth-order valence-corrected chi connectivity index (χ4v) is 0.364. The molecule has 0 aliphatic heterocycles. The van der Waals surface area contributed by atoms with Crippen molar-refractivity contribution in [3.63, 3.8) is 0 Å². The van der Waals surface area contributed by atoms with Gasteiger partial charge in [-0.2, -0.15) is 0 Å². The van der Waals surface area contributed by atoms with Crippen molar-refractivity contribution in [3.05, 3.63) is 0 Å². The van der Waals surface area contributed by atoms with Crippen LogP contribution >= 0.6 is 0 Å². The standard InChI is InChI=1S/2C4H7NO.2C3H6O2.4CH4/c1-4(6)3-5-2;1-3-5-4(2)6;2*1-3(4)5-2;;;;/h2*3H,1-2H3;2*1-2H3;4*1H4. The molecule has 160 valence electrons. The van der Waals surface area contributed by atoms with Crippen molar-refractivity contribution >= 4 is 36.1 Å². The van der Waals surface area contributed by atoms with Crippen LogP contribution in [0.25, 0.3) is 0 Å². The molecule has 0 aromatic carbocycles. The number of amides is 1. The van der Waals surface area contributed by atoms with E-state index in [1.807, 2.05) is 0 Å².